The summed E-state index contributed by atoms with van der Waals surface area (Å²) >= 11 is 3.45. The smallest absolute Gasteiger partial charge is 0.218 e. The van der Waals surface area contributed by atoms with Crippen LogP contribution in [0.25, 0.3) is 11.0 Å². The van der Waals surface area contributed by atoms with Gasteiger partial charge in [0.2, 0.25) is 5.95 Å². The van der Waals surface area contributed by atoms with Crippen molar-refractivity contribution in [3.8, 4) is 0 Å². The summed E-state index contributed by atoms with van der Waals surface area (Å²) in [6.07, 6.45) is 7.60. The molecule has 0 saturated carbocycles. The molecule has 0 aliphatic heterocycles. The molecule has 4 rings (SSSR count). The van der Waals surface area contributed by atoms with Crippen molar-refractivity contribution >= 4 is 32.8 Å². The monoisotopic (exact) mass is 425 g/mol. The van der Waals surface area contributed by atoms with Crippen LogP contribution in [0, 0.1) is 12.9 Å². The van der Waals surface area contributed by atoms with Crippen LogP contribution in [0.15, 0.2) is 53.5 Å². The van der Waals surface area contributed by atoms with Gasteiger partial charge in [0.15, 0.2) is 0 Å². The van der Waals surface area contributed by atoms with Gasteiger partial charge in [0, 0.05) is 53.2 Å². The largest absolute Gasteiger partial charge is 0.366 e. The predicted molar refractivity (Wildman–Crippen MR) is 107 cm³/mol. The maximum Gasteiger partial charge on any atom is 0.218 e. The first-order valence-electron chi connectivity index (χ1n) is 8.50. The number of H-pyrrole nitrogens is 1. The van der Waals surface area contributed by atoms with E-state index in [9.17, 15) is 4.39 Å². The highest BCUT2D eigenvalue weighted by Crippen LogP contribution is 2.22. The summed E-state index contributed by atoms with van der Waals surface area (Å²) in [5, 5.41) is 4.15. The average molecular weight is 426 g/mol. The number of pyridine rings is 3. The summed E-state index contributed by atoms with van der Waals surface area (Å²) in [6.45, 7) is 2.52. The number of rotatable bonds is 5. The Morgan fingerprint density at radius 1 is 1.15 bits per heavy atom. The third-order valence-corrected chi connectivity index (χ3v) is 5.09. The summed E-state index contributed by atoms with van der Waals surface area (Å²) in [5.41, 5.74) is 4.46. The molecule has 0 aliphatic rings. The van der Waals surface area contributed by atoms with Gasteiger partial charge in [-0.25, -0.2) is 9.97 Å². The van der Waals surface area contributed by atoms with Gasteiger partial charge in [0.05, 0.1) is 0 Å². The lowest BCUT2D eigenvalue weighted by Gasteiger charge is -2.09. The van der Waals surface area contributed by atoms with Gasteiger partial charge in [-0.15, -0.1) is 0 Å². The van der Waals surface area contributed by atoms with E-state index in [1.807, 2.05) is 25.4 Å². The topological polar surface area (TPSA) is 66.5 Å². The van der Waals surface area contributed by atoms with E-state index in [4.69, 9.17) is 0 Å². The Hall–Kier alpha value is -2.80. The summed E-state index contributed by atoms with van der Waals surface area (Å²) in [5.74, 6) is 0.0279. The van der Waals surface area contributed by atoms with Crippen LogP contribution in [0.4, 0.5) is 10.2 Å². The number of aryl methyl sites for hydroxylation is 1. The molecule has 27 heavy (non-hydrogen) atoms. The van der Waals surface area contributed by atoms with E-state index >= 15 is 0 Å². The number of hydrogen-bond acceptors (Lipinski definition) is 4. The zero-order chi connectivity index (χ0) is 18.8. The molecular formula is C20H17BrFN5. The zero-order valence-corrected chi connectivity index (χ0v) is 16.2. The molecule has 0 atom stereocenters. The van der Waals surface area contributed by atoms with E-state index < -0.39 is 5.95 Å². The molecular weight excluding hydrogens is 409 g/mol. The molecule has 7 heteroatoms. The molecule has 4 aromatic rings. The molecule has 0 aliphatic carbocycles. The summed E-state index contributed by atoms with van der Waals surface area (Å²) < 4.78 is 15.4. The first-order valence-corrected chi connectivity index (χ1v) is 9.30. The van der Waals surface area contributed by atoms with Crippen molar-refractivity contribution in [1.29, 1.82) is 0 Å². The fraction of sp³-hybridized carbons (Fsp3) is 0.150. The normalized spacial score (nSPS) is 11.1. The molecule has 0 unspecified atom stereocenters. The summed E-state index contributed by atoms with van der Waals surface area (Å²) in [4.78, 5) is 15.6. The first-order chi connectivity index (χ1) is 13.1. The molecule has 4 aromatic heterocycles. The van der Waals surface area contributed by atoms with Crippen molar-refractivity contribution in [1.82, 2.24) is 19.9 Å². The second-order valence-corrected chi connectivity index (χ2v) is 7.22. The van der Waals surface area contributed by atoms with Crippen LogP contribution >= 0.6 is 15.9 Å². The van der Waals surface area contributed by atoms with Crippen LogP contribution in [0.5, 0.6) is 0 Å². The zero-order valence-electron chi connectivity index (χ0n) is 14.6. The average Bonchev–Trinajstić information content (AvgIpc) is 3.05. The summed E-state index contributed by atoms with van der Waals surface area (Å²) in [7, 11) is 0. The van der Waals surface area contributed by atoms with Gasteiger partial charge < -0.3 is 10.3 Å². The molecule has 0 bridgehead atoms. The van der Waals surface area contributed by atoms with Crippen LogP contribution in [0.2, 0.25) is 0 Å². The van der Waals surface area contributed by atoms with Gasteiger partial charge >= 0.3 is 0 Å². The van der Waals surface area contributed by atoms with E-state index in [0.717, 1.165) is 32.2 Å². The molecule has 0 fully saturated rings. The second kappa shape index (κ2) is 7.44. The molecule has 0 amide bonds. The lowest BCUT2D eigenvalue weighted by atomic mass is 10.1. The quantitative estimate of drug-likeness (QED) is 0.452. The Morgan fingerprint density at radius 2 is 2.04 bits per heavy atom. The highest BCUT2D eigenvalue weighted by molar-refractivity contribution is 9.10. The molecule has 5 nitrogen and oxygen atoms in total. The molecule has 0 spiro atoms. The second-order valence-electron chi connectivity index (χ2n) is 6.37. The van der Waals surface area contributed by atoms with Crippen molar-refractivity contribution in [3.63, 3.8) is 0 Å². The first kappa shape index (κ1) is 17.6. The van der Waals surface area contributed by atoms with Crippen LogP contribution in [-0.4, -0.2) is 19.9 Å². The van der Waals surface area contributed by atoms with E-state index in [2.05, 4.69) is 47.2 Å². The highest BCUT2D eigenvalue weighted by atomic mass is 79.9. The van der Waals surface area contributed by atoms with E-state index in [0.29, 0.717) is 24.3 Å². The SMILES string of the molecule is Cc1cnc2[nH]cc(Cc3ccc(NCc4ccncc4Br)nc3F)c2c1. The van der Waals surface area contributed by atoms with Crippen LogP contribution in [0.3, 0.4) is 0 Å². The molecule has 0 radical (unpaired) electrons. The minimum Gasteiger partial charge on any atom is -0.366 e. The Labute approximate surface area is 164 Å². The maximum atomic E-state index is 14.5. The number of hydrogen-bond donors (Lipinski definition) is 2. The molecule has 136 valence electrons. The number of aromatic amines is 1. The van der Waals surface area contributed by atoms with Crippen LogP contribution in [0.1, 0.15) is 22.3 Å². The van der Waals surface area contributed by atoms with Crippen molar-refractivity contribution in [3.05, 3.63) is 81.7 Å². The van der Waals surface area contributed by atoms with Gasteiger partial charge in [-0.05, 0) is 57.7 Å². The molecule has 0 saturated heterocycles. The molecule has 0 aromatic carbocycles. The van der Waals surface area contributed by atoms with Crippen molar-refractivity contribution < 1.29 is 4.39 Å². The minimum absolute atomic E-state index is 0.458. The third-order valence-electron chi connectivity index (χ3n) is 4.38. The van der Waals surface area contributed by atoms with Gasteiger partial charge in [0.1, 0.15) is 11.5 Å². The van der Waals surface area contributed by atoms with E-state index in [1.54, 1.807) is 24.5 Å². The Morgan fingerprint density at radius 3 is 2.85 bits per heavy atom. The predicted octanol–water partition coefficient (Wildman–Crippen LogP) is 4.77. The van der Waals surface area contributed by atoms with Gasteiger partial charge in [-0.2, -0.15) is 4.39 Å². The van der Waals surface area contributed by atoms with E-state index in [-0.39, 0.29) is 0 Å². The van der Waals surface area contributed by atoms with Crippen LogP contribution < -0.4 is 5.32 Å². The van der Waals surface area contributed by atoms with Crippen molar-refractivity contribution in [2.45, 2.75) is 19.9 Å². The van der Waals surface area contributed by atoms with Crippen LogP contribution in [-0.2, 0) is 13.0 Å². The number of halogens is 2. The Bertz CT molecular complexity index is 1110. The number of anilines is 1. The minimum atomic E-state index is -0.469. The highest BCUT2D eigenvalue weighted by Gasteiger charge is 2.11. The number of aromatic nitrogens is 4. The summed E-state index contributed by atoms with van der Waals surface area (Å²) in [6, 6.07) is 7.52. The van der Waals surface area contributed by atoms with Gasteiger partial charge in [0.25, 0.3) is 0 Å². The van der Waals surface area contributed by atoms with Gasteiger partial charge in [-0.3, -0.25) is 4.98 Å². The van der Waals surface area contributed by atoms with Gasteiger partial charge in [-0.1, -0.05) is 6.07 Å². The van der Waals surface area contributed by atoms with Crippen molar-refractivity contribution in [2.24, 2.45) is 0 Å². The molecule has 2 N–H and O–H groups in total. The maximum absolute atomic E-state index is 14.5. The lowest BCUT2D eigenvalue weighted by Crippen LogP contribution is -2.05. The lowest BCUT2D eigenvalue weighted by molar-refractivity contribution is 0.571. The van der Waals surface area contributed by atoms with E-state index in [1.165, 1.54) is 0 Å². The third kappa shape index (κ3) is 3.83. The number of nitrogens with zero attached hydrogens (tertiary/aromatic N) is 3. The molecule has 4 heterocycles. The van der Waals surface area contributed by atoms with Crippen molar-refractivity contribution in [2.75, 3.05) is 5.32 Å². The number of nitrogens with one attached hydrogen (secondary N) is 2. The number of fused-ring (bicyclic) bond motifs is 1. The fourth-order valence-corrected chi connectivity index (χ4v) is 3.33. The fourth-order valence-electron chi connectivity index (χ4n) is 2.94. The Balaban J connectivity index is 1.51. The standard InChI is InChI=1S/C20H17BrFN5/c1-12-6-16-15(10-26-20(16)25-8-12)7-13-2-3-18(27-19(13)22)24-9-14-4-5-23-11-17(14)21/h2-6,8,10-11H,7,9H2,1H3,(H,24,27)(H,25,26). The Kier molecular flexibility index (Phi) is 4.85.